The van der Waals surface area contributed by atoms with Gasteiger partial charge in [-0.05, 0) is 25.1 Å². The van der Waals surface area contributed by atoms with Crippen LogP contribution in [0.1, 0.15) is 13.8 Å². The molecule has 2 aliphatic rings. The third-order valence-corrected chi connectivity index (χ3v) is 7.28. The summed E-state index contributed by atoms with van der Waals surface area (Å²) in [4.78, 5) is 25.8. The first-order chi connectivity index (χ1) is 11.3. The smallest absolute Gasteiger partial charge is 0.243 e. The van der Waals surface area contributed by atoms with Gasteiger partial charge in [-0.2, -0.15) is 4.31 Å². The molecule has 3 rings (SSSR count). The highest BCUT2D eigenvalue weighted by molar-refractivity contribution is 8.01. The summed E-state index contributed by atoms with van der Waals surface area (Å²) in [5.74, 6) is -0.174. The average molecular weight is 369 g/mol. The fraction of sp³-hybridized carbons (Fsp3) is 0.467. The summed E-state index contributed by atoms with van der Waals surface area (Å²) in [5.41, 5.74) is 0.534. The maximum atomic E-state index is 12.8. The zero-order valence-corrected chi connectivity index (χ0v) is 15.1. The lowest BCUT2D eigenvalue weighted by molar-refractivity contribution is -0.130. The molecular formula is C15H19N3O4S2. The number of thioether (sulfide) groups is 1. The molecule has 1 unspecified atom stereocenters. The largest absolute Gasteiger partial charge is 0.340 e. The number of piperazine rings is 1. The Balaban J connectivity index is 1.82. The van der Waals surface area contributed by atoms with E-state index in [0.29, 0.717) is 18.8 Å². The molecule has 0 aromatic heterocycles. The number of carbonyl (C=O) groups excluding carboxylic acids is 2. The summed E-state index contributed by atoms with van der Waals surface area (Å²) in [6.07, 6.45) is 0. The molecule has 0 aliphatic carbocycles. The van der Waals surface area contributed by atoms with Gasteiger partial charge in [-0.3, -0.25) is 9.59 Å². The summed E-state index contributed by atoms with van der Waals surface area (Å²) in [5, 5.41) is 2.56. The van der Waals surface area contributed by atoms with Crippen LogP contribution in [0.25, 0.3) is 0 Å². The fourth-order valence-electron chi connectivity index (χ4n) is 2.74. The average Bonchev–Trinajstić information content (AvgIpc) is 2.55. The first-order valence-electron chi connectivity index (χ1n) is 7.66. The van der Waals surface area contributed by atoms with Crippen LogP contribution >= 0.6 is 11.8 Å². The highest BCUT2D eigenvalue weighted by atomic mass is 32.2. The Morgan fingerprint density at radius 2 is 1.92 bits per heavy atom. The lowest BCUT2D eigenvalue weighted by Gasteiger charge is -2.33. The summed E-state index contributed by atoms with van der Waals surface area (Å²) >= 11 is 1.41. The molecule has 1 saturated heterocycles. The van der Waals surface area contributed by atoms with Crippen LogP contribution in [0.5, 0.6) is 0 Å². The third kappa shape index (κ3) is 3.15. The van der Waals surface area contributed by atoms with Gasteiger partial charge in [0.2, 0.25) is 21.8 Å². The van der Waals surface area contributed by atoms with E-state index in [9.17, 15) is 18.0 Å². The van der Waals surface area contributed by atoms with Gasteiger partial charge in [0, 0.05) is 38.0 Å². The lowest BCUT2D eigenvalue weighted by atomic mass is 10.3. The van der Waals surface area contributed by atoms with Crippen molar-refractivity contribution < 1.29 is 18.0 Å². The van der Waals surface area contributed by atoms with Gasteiger partial charge in [0.25, 0.3) is 0 Å². The number of nitrogens with one attached hydrogen (secondary N) is 1. The molecule has 0 radical (unpaired) electrons. The standard InChI is InChI=1S/C15H19N3O4S2/c1-10-15(20)16-13-9-12(3-4-14(13)23-10)24(21,22)18-7-5-17(6-8-18)11(2)19/h3-4,9-10H,5-8H2,1-2H3,(H,16,20). The van der Waals surface area contributed by atoms with Crippen molar-refractivity contribution in [2.45, 2.75) is 28.9 Å². The number of fused-ring (bicyclic) bond motifs is 1. The van der Waals surface area contributed by atoms with Crippen LogP contribution in [0.4, 0.5) is 5.69 Å². The van der Waals surface area contributed by atoms with Crippen molar-refractivity contribution in [3.8, 4) is 0 Å². The van der Waals surface area contributed by atoms with E-state index < -0.39 is 10.0 Å². The van der Waals surface area contributed by atoms with Crippen molar-refractivity contribution in [1.82, 2.24) is 9.21 Å². The summed E-state index contributed by atoms with van der Waals surface area (Å²) in [7, 11) is -3.64. The Bertz CT molecular complexity index is 786. The Morgan fingerprint density at radius 1 is 1.25 bits per heavy atom. The molecule has 0 bridgehead atoms. The van der Waals surface area contributed by atoms with Crippen molar-refractivity contribution in [1.29, 1.82) is 0 Å². The Labute approximate surface area is 145 Å². The first kappa shape index (κ1) is 17.2. The summed E-state index contributed by atoms with van der Waals surface area (Å²) in [6, 6.07) is 4.82. The minimum atomic E-state index is -3.64. The number of carbonyl (C=O) groups is 2. The van der Waals surface area contributed by atoms with Crippen LogP contribution in [0, 0.1) is 0 Å². The topological polar surface area (TPSA) is 86.8 Å². The molecule has 9 heteroatoms. The zero-order chi connectivity index (χ0) is 17.5. The maximum Gasteiger partial charge on any atom is 0.243 e. The summed E-state index contributed by atoms with van der Waals surface area (Å²) < 4.78 is 27.0. The second-order valence-electron chi connectivity index (χ2n) is 5.82. The molecule has 1 fully saturated rings. The van der Waals surface area contributed by atoms with Crippen molar-refractivity contribution in [2.24, 2.45) is 0 Å². The van der Waals surface area contributed by atoms with Gasteiger partial charge in [-0.25, -0.2) is 8.42 Å². The molecule has 1 N–H and O–H groups in total. The number of hydrogen-bond donors (Lipinski definition) is 1. The molecule has 7 nitrogen and oxygen atoms in total. The van der Waals surface area contributed by atoms with Gasteiger partial charge in [-0.15, -0.1) is 11.8 Å². The second kappa shape index (κ2) is 6.38. The Kier molecular flexibility index (Phi) is 4.58. The van der Waals surface area contributed by atoms with Crippen LogP contribution in [-0.4, -0.2) is 60.9 Å². The van der Waals surface area contributed by atoms with Crippen LogP contribution in [-0.2, 0) is 19.6 Å². The van der Waals surface area contributed by atoms with E-state index in [0.717, 1.165) is 4.90 Å². The van der Waals surface area contributed by atoms with E-state index in [-0.39, 0.29) is 35.0 Å². The van der Waals surface area contributed by atoms with Crippen molar-refractivity contribution >= 4 is 39.3 Å². The quantitative estimate of drug-likeness (QED) is 0.839. The van der Waals surface area contributed by atoms with Crippen LogP contribution in [0.15, 0.2) is 28.0 Å². The van der Waals surface area contributed by atoms with Gasteiger partial charge in [0.15, 0.2) is 0 Å². The molecule has 0 saturated carbocycles. The number of sulfonamides is 1. The van der Waals surface area contributed by atoms with E-state index in [2.05, 4.69) is 5.32 Å². The minimum absolute atomic E-state index is 0.0466. The van der Waals surface area contributed by atoms with Crippen molar-refractivity contribution in [2.75, 3.05) is 31.5 Å². The SMILES string of the molecule is CC(=O)N1CCN(S(=O)(=O)c2ccc3c(c2)NC(=O)C(C)S3)CC1. The predicted molar refractivity (Wildman–Crippen MR) is 91.4 cm³/mol. The number of benzene rings is 1. The number of hydrogen-bond acceptors (Lipinski definition) is 5. The Morgan fingerprint density at radius 3 is 2.54 bits per heavy atom. The molecule has 130 valence electrons. The zero-order valence-electron chi connectivity index (χ0n) is 13.5. The minimum Gasteiger partial charge on any atom is -0.340 e. The third-order valence-electron chi connectivity index (χ3n) is 4.20. The normalized spacial score (nSPS) is 22.0. The molecule has 2 heterocycles. The van der Waals surface area contributed by atoms with Gasteiger partial charge < -0.3 is 10.2 Å². The highest BCUT2D eigenvalue weighted by Gasteiger charge is 2.31. The number of rotatable bonds is 2. The van der Waals surface area contributed by atoms with Crippen molar-refractivity contribution in [3.05, 3.63) is 18.2 Å². The summed E-state index contributed by atoms with van der Waals surface area (Å²) in [6.45, 7) is 4.62. The fourth-order valence-corrected chi connectivity index (χ4v) is 5.12. The van der Waals surface area contributed by atoms with E-state index in [1.165, 1.54) is 29.1 Å². The number of nitrogens with zero attached hydrogens (tertiary/aromatic N) is 2. The highest BCUT2D eigenvalue weighted by Crippen LogP contribution is 2.37. The molecule has 1 aromatic carbocycles. The van der Waals surface area contributed by atoms with E-state index in [1.807, 2.05) is 6.92 Å². The lowest BCUT2D eigenvalue weighted by Crippen LogP contribution is -2.49. The van der Waals surface area contributed by atoms with Gasteiger partial charge in [0.1, 0.15) is 0 Å². The molecule has 0 spiro atoms. The molecule has 24 heavy (non-hydrogen) atoms. The Hall–Kier alpha value is -1.58. The van der Waals surface area contributed by atoms with Gasteiger partial charge in [-0.1, -0.05) is 0 Å². The van der Waals surface area contributed by atoms with Crippen molar-refractivity contribution in [3.63, 3.8) is 0 Å². The monoisotopic (exact) mass is 369 g/mol. The molecule has 2 aliphatic heterocycles. The number of amides is 2. The van der Waals surface area contributed by atoms with E-state index in [1.54, 1.807) is 17.0 Å². The van der Waals surface area contributed by atoms with Crippen LogP contribution < -0.4 is 5.32 Å². The molecule has 1 aromatic rings. The van der Waals surface area contributed by atoms with E-state index in [4.69, 9.17) is 0 Å². The second-order valence-corrected chi connectivity index (χ2v) is 9.14. The van der Waals surface area contributed by atoms with Crippen LogP contribution in [0.2, 0.25) is 0 Å². The molecular weight excluding hydrogens is 350 g/mol. The number of anilines is 1. The van der Waals surface area contributed by atoms with Crippen LogP contribution in [0.3, 0.4) is 0 Å². The maximum absolute atomic E-state index is 12.8. The first-order valence-corrected chi connectivity index (χ1v) is 9.98. The van der Waals surface area contributed by atoms with Gasteiger partial charge in [0.05, 0.1) is 15.8 Å². The predicted octanol–water partition coefficient (Wildman–Crippen LogP) is 0.972. The molecule has 1 atom stereocenters. The molecule has 2 amide bonds. The van der Waals surface area contributed by atoms with E-state index >= 15 is 0 Å². The van der Waals surface area contributed by atoms with Gasteiger partial charge >= 0.3 is 0 Å².